The van der Waals surface area contributed by atoms with E-state index in [1.165, 1.54) is 16.2 Å². The molecule has 0 fully saturated rings. The fourth-order valence-electron chi connectivity index (χ4n) is 7.95. The van der Waals surface area contributed by atoms with E-state index in [1.54, 1.807) is 0 Å². The highest BCUT2D eigenvalue weighted by molar-refractivity contribution is 6.20. The van der Waals surface area contributed by atoms with E-state index in [4.69, 9.17) is 19.9 Å². The summed E-state index contributed by atoms with van der Waals surface area (Å²) < 4.78 is 0. The van der Waals surface area contributed by atoms with Gasteiger partial charge < -0.3 is 0 Å². The van der Waals surface area contributed by atoms with Crippen LogP contribution in [-0.2, 0) is 0 Å². The van der Waals surface area contributed by atoms with Crippen LogP contribution in [0.4, 0.5) is 0 Å². The Bertz CT molecular complexity index is 3200. The first-order chi connectivity index (χ1) is 27.7. The molecular weight excluding hydrogens is 681 g/mol. The van der Waals surface area contributed by atoms with Crippen molar-refractivity contribution in [2.75, 3.05) is 0 Å². The van der Waals surface area contributed by atoms with Crippen LogP contribution in [0.5, 0.6) is 0 Å². The molecule has 260 valence electrons. The lowest BCUT2D eigenvalue weighted by Gasteiger charge is -2.14. The van der Waals surface area contributed by atoms with Crippen LogP contribution in [0.25, 0.3) is 111 Å². The number of fused-ring (bicyclic) bond motifs is 7. The molecule has 0 atom stereocenters. The summed E-state index contributed by atoms with van der Waals surface area (Å²) in [4.78, 5) is 21.0. The minimum absolute atomic E-state index is 0.689. The maximum Gasteiger partial charge on any atom is 0.160 e. The molecule has 0 saturated heterocycles. The van der Waals surface area contributed by atoms with Gasteiger partial charge in [-0.1, -0.05) is 164 Å². The normalized spacial score (nSPS) is 11.6. The summed E-state index contributed by atoms with van der Waals surface area (Å²) >= 11 is 0. The summed E-state index contributed by atoms with van der Waals surface area (Å²) in [5, 5.41) is 9.09. The monoisotopic (exact) mass is 712 g/mol. The summed E-state index contributed by atoms with van der Waals surface area (Å²) in [7, 11) is 0. The first-order valence-electron chi connectivity index (χ1n) is 18.9. The third kappa shape index (κ3) is 5.55. The van der Waals surface area contributed by atoms with E-state index in [1.807, 2.05) is 6.07 Å². The molecule has 0 spiro atoms. The second-order valence-corrected chi connectivity index (χ2v) is 14.3. The smallest absolute Gasteiger partial charge is 0.160 e. The third-order valence-electron chi connectivity index (χ3n) is 10.8. The van der Waals surface area contributed by atoms with Crippen molar-refractivity contribution in [1.29, 1.82) is 0 Å². The van der Waals surface area contributed by atoms with E-state index in [9.17, 15) is 0 Å². The molecule has 11 aromatic rings. The highest BCUT2D eigenvalue weighted by atomic mass is 14.9. The van der Waals surface area contributed by atoms with E-state index in [2.05, 4.69) is 188 Å². The number of aromatic nitrogens is 4. The number of hydrogen-bond acceptors (Lipinski definition) is 4. The fraction of sp³-hybridized carbons (Fsp3) is 0. The van der Waals surface area contributed by atoms with Crippen molar-refractivity contribution >= 4 is 54.1 Å². The second-order valence-electron chi connectivity index (χ2n) is 14.3. The molecule has 11 rings (SSSR count). The number of nitrogens with zero attached hydrogens (tertiary/aromatic N) is 4. The van der Waals surface area contributed by atoms with E-state index in [0.29, 0.717) is 5.82 Å². The minimum atomic E-state index is 0.689. The Kier molecular flexibility index (Phi) is 7.46. The van der Waals surface area contributed by atoms with Crippen molar-refractivity contribution in [2.45, 2.75) is 0 Å². The van der Waals surface area contributed by atoms with Crippen LogP contribution in [0, 0.1) is 0 Å². The largest absolute Gasteiger partial charge is 0.247 e. The summed E-state index contributed by atoms with van der Waals surface area (Å²) in [5.74, 6) is 0.689. The zero-order chi connectivity index (χ0) is 37.0. The molecular formula is C52H32N4. The van der Waals surface area contributed by atoms with Gasteiger partial charge in [-0.2, -0.15) is 0 Å². The van der Waals surface area contributed by atoms with E-state index in [0.717, 1.165) is 88.6 Å². The van der Waals surface area contributed by atoms with Gasteiger partial charge in [0.2, 0.25) is 0 Å². The topological polar surface area (TPSA) is 51.6 Å². The molecule has 3 heterocycles. The molecule has 4 nitrogen and oxygen atoms in total. The second kappa shape index (κ2) is 13.1. The van der Waals surface area contributed by atoms with Crippen molar-refractivity contribution in [3.05, 3.63) is 194 Å². The molecule has 8 aromatic carbocycles. The van der Waals surface area contributed by atoms with Crippen LogP contribution in [0.2, 0.25) is 0 Å². The predicted octanol–water partition coefficient (Wildman–Crippen LogP) is 13.4. The number of para-hydroxylation sites is 1. The van der Waals surface area contributed by atoms with Gasteiger partial charge in [0, 0.05) is 44.0 Å². The van der Waals surface area contributed by atoms with E-state index in [-0.39, 0.29) is 0 Å². The van der Waals surface area contributed by atoms with Crippen molar-refractivity contribution in [3.63, 3.8) is 0 Å². The van der Waals surface area contributed by atoms with Crippen molar-refractivity contribution < 1.29 is 0 Å². The van der Waals surface area contributed by atoms with Gasteiger partial charge in [0.15, 0.2) is 5.82 Å². The summed E-state index contributed by atoms with van der Waals surface area (Å²) in [6, 6.07) is 68.0. The molecule has 0 unspecified atom stereocenters. The van der Waals surface area contributed by atoms with Crippen molar-refractivity contribution in [1.82, 2.24) is 19.9 Å². The molecule has 0 aliphatic heterocycles. The average molecular weight is 713 g/mol. The fourth-order valence-corrected chi connectivity index (χ4v) is 7.95. The lowest BCUT2D eigenvalue weighted by molar-refractivity contribution is 1.18. The summed E-state index contributed by atoms with van der Waals surface area (Å²) in [5.41, 5.74) is 10.6. The lowest BCUT2D eigenvalue weighted by Crippen LogP contribution is -1.96. The molecule has 0 aliphatic carbocycles. The maximum absolute atomic E-state index is 5.32. The first kappa shape index (κ1) is 31.9. The Morgan fingerprint density at radius 1 is 0.286 bits per heavy atom. The van der Waals surface area contributed by atoms with Crippen LogP contribution >= 0.6 is 0 Å². The SMILES string of the molecule is c1ccc(-c2ccc3ccc4c5ccccc5nc(-c5ccc(-c6cc(-c7ccc8ccccc8c7)nc(-c7ccc8ccccc8c7)n6)cc5)c4c3n2)cc1. The first-order valence-corrected chi connectivity index (χ1v) is 18.9. The van der Waals surface area contributed by atoms with Crippen molar-refractivity contribution in [2.24, 2.45) is 0 Å². The number of hydrogen-bond donors (Lipinski definition) is 0. The van der Waals surface area contributed by atoms with Crippen LogP contribution in [0.15, 0.2) is 194 Å². The Morgan fingerprint density at radius 3 is 1.61 bits per heavy atom. The standard InChI is InChI=1S/C52H32N4/c1-2-12-35(13-3-1)45-29-27-38-26-28-44-43-16-8-9-17-46(43)54-51(49(44)50(38)53-45)37-22-20-36(21-23-37)47-32-48(41-24-18-33-10-4-6-14-39(33)30-41)56-52(55-47)42-25-19-34-11-5-7-15-40(34)31-42/h1-32H. The van der Waals surface area contributed by atoms with Crippen LogP contribution in [-0.4, -0.2) is 19.9 Å². The zero-order valence-corrected chi connectivity index (χ0v) is 30.3. The van der Waals surface area contributed by atoms with E-state index < -0.39 is 0 Å². The predicted molar refractivity (Wildman–Crippen MR) is 232 cm³/mol. The Balaban J connectivity index is 1.08. The van der Waals surface area contributed by atoms with Crippen LogP contribution in [0.1, 0.15) is 0 Å². The van der Waals surface area contributed by atoms with E-state index >= 15 is 0 Å². The Hall–Kier alpha value is -7.56. The highest BCUT2D eigenvalue weighted by Crippen LogP contribution is 2.38. The molecule has 0 radical (unpaired) electrons. The molecule has 0 aliphatic rings. The molecule has 4 heteroatoms. The van der Waals surface area contributed by atoms with Crippen LogP contribution < -0.4 is 0 Å². The number of rotatable bonds is 5. The van der Waals surface area contributed by atoms with Gasteiger partial charge in [-0.05, 0) is 57.3 Å². The lowest BCUT2D eigenvalue weighted by atomic mass is 9.96. The quantitative estimate of drug-likeness (QED) is 0.167. The molecule has 0 N–H and O–H groups in total. The molecule has 3 aromatic heterocycles. The molecule has 0 bridgehead atoms. The summed E-state index contributed by atoms with van der Waals surface area (Å²) in [6.45, 7) is 0. The Morgan fingerprint density at radius 2 is 0.839 bits per heavy atom. The third-order valence-corrected chi connectivity index (χ3v) is 10.8. The number of pyridine rings is 2. The van der Waals surface area contributed by atoms with Crippen molar-refractivity contribution in [3.8, 4) is 56.4 Å². The highest BCUT2D eigenvalue weighted by Gasteiger charge is 2.17. The molecule has 0 saturated carbocycles. The van der Waals surface area contributed by atoms with Gasteiger partial charge in [0.05, 0.1) is 33.8 Å². The average Bonchev–Trinajstić information content (AvgIpc) is 3.28. The van der Waals surface area contributed by atoms with Gasteiger partial charge in [0.25, 0.3) is 0 Å². The van der Waals surface area contributed by atoms with Gasteiger partial charge in [-0.25, -0.2) is 19.9 Å². The van der Waals surface area contributed by atoms with Gasteiger partial charge in [-0.15, -0.1) is 0 Å². The summed E-state index contributed by atoms with van der Waals surface area (Å²) in [6.07, 6.45) is 0. The van der Waals surface area contributed by atoms with Gasteiger partial charge >= 0.3 is 0 Å². The molecule has 0 amide bonds. The Labute approximate surface area is 323 Å². The molecule has 56 heavy (non-hydrogen) atoms. The zero-order valence-electron chi connectivity index (χ0n) is 30.3. The van der Waals surface area contributed by atoms with Gasteiger partial charge in [0.1, 0.15) is 0 Å². The van der Waals surface area contributed by atoms with Gasteiger partial charge in [-0.3, -0.25) is 0 Å². The minimum Gasteiger partial charge on any atom is -0.247 e. The van der Waals surface area contributed by atoms with Crippen LogP contribution in [0.3, 0.4) is 0 Å². The number of benzene rings is 8. The maximum atomic E-state index is 5.32.